The fourth-order valence-electron chi connectivity index (χ4n) is 3.21. The minimum absolute atomic E-state index is 0.146. The number of carbonyl (C=O) groups is 1. The monoisotopic (exact) mass is 348 g/mol. The molecule has 25 heavy (non-hydrogen) atoms. The number of hydrogen-bond acceptors (Lipinski definition) is 5. The van der Waals surface area contributed by atoms with Crippen molar-refractivity contribution in [3.63, 3.8) is 0 Å². The smallest absolute Gasteiger partial charge is 0.407 e. The van der Waals surface area contributed by atoms with E-state index in [2.05, 4.69) is 10.6 Å². The zero-order chi connectivity index (χ0) is 17.9. The highest BCUT2D eigenvalue weighted by Crippen LogP contribution is 2.33. The van der Waals surface area contributed by atoms with Crippen molar-refractivity contribution in [2.24, 2.45) is 0 Å². The molecule has 0 bridgehead atoms. The number of nitrogens with one attached hydrogen (secondary N) is 2. The van der Waals surface area contributed by atoms with Crippen molar-refractivity contribution in [2.75, 3.05) is 18.5 Å². The third-order valence-electron chi connectivity index (χ3n) is 4.27. The van der Waals surface area contributed by atoms with Crippen molar-refractivity contribution in [1.82, 2.24) is 5.32 Å². The van der Waals surface area contributed by atoms with Crippen LogP contribution in [0.15, 0.2) is 18.2 Å². The summed E-state index contributed by atoms with van der Waals surface area (Å²) in [4.78, 5) is 11.9. The maximum Gasteiger partial charge on any atom is 0.407 e. The molecule has 2 atom stereocenters. The van der Waals surface area contributed by atoms with Crippen LogP contribution < -0.4 is 20.1 Å². The van der Waals surface area contributed by atoms with E-state index in [1.807, 2.05) is 39.0 Å². The maximum absolute atomic E-state index is 11.9. The van der Waals surface area contributed by atoms with E-state index < -0.39 is 5.60 Å². The molecule has 1 fully saturated rings. The van der Waals surface area contributed by atoms with Gasteiger partial charge in [-0.1, -0.05) is 0 Å². The van der Waals surface area contributed by atoms with Gasteiger partial charge in [0.25, 0.3) is 0 Å². The molecule has 2 N–H and O–H groups in total. The molecule has 1 saturated carbocycles. The van der Waals surface area contributed by atoms with E-state index in [-0.39, 0.29) is 12.1 Å². The lowest BCUT2D eigenvalue weighted by Crippen LogP contribution is -2.38. The van der Waals surface area contributed by atoms with Crippen LogP contribution in [0.5, 0.6) is 11.5 Å². The van der Waals surface area contributed by atoms with E-state index in [9.17, 15) is 4.79 Å². The highest BCUT2D eigenvalue weighted by Gasteiger charge is 2.27. The van der Waals surface area contributed by atoms with Gasteiger partial charge in [0.05, 0.1) is 13.2 Å². The molecule has 1 aliphatic carbocycles. The second kappa shape index (κ2) is 7.42. The van der Waals surface area contributed by atoms with Crippen molar-refractivity contribution < 1.29 is 19.0 Å². The first-order chi connectivity index (χ1) is 11.9. The molecule has 6 heteroatoms. The standard InChI is InChI=1S/C19H28N2O4/c1-19(2,3)25-18(22)21-14-6-5-13(11-14)20-15-7-8-16-17(12-15)24-10-4-9-23-16/h7-8,12-14,20H,4-6,9-11H2,1-3H3,(H,21,22). The summed E-state index contributed by atoms with van der Waals surface area (Å²) in [6, 6.07) is 6.43. The molecule has 1 aromatic carbocycles. The summed E-state index contributed by atoms with van der Waals surface area (Å²) in [7, 11) is 0. The number of fused-ring (bicyclic) bond motifs is 1. The number of carbonyl (C=O) groups excluding carboxylic acids is 1. The molecule has 0 saturated heterocycles. The SMILES string of the molecule is CC(C)(C)OC(=O)NC1CCC(Nc2ccc3c(c2)OCCCO3)C1. The third-order valence-corrected chi connectivity index (χ3v) is 4.27. The van der Waals surface area contributed by atoms with E-state index in [1.54, 1.807) is 0 Å². The fraction of sp³-hybridized carbons (Fsp3) is 0.632. The average Bonchev–Trinajstić information content (AvgIpc) is 2.80. The van der Waals surface area contributed by atoms with Gasteiger partial charge in [-0.2, -0.15) is 0 Å². The molecule has 2 aliphatic rings. The Bertz CT molecular complexity index is 612. The van der Waals surface area contributed by atoms with Crippen LogP contribution in [0.4, 0.5) is 10.5 Å². The zero-order valence-corrected chi connectivity index (χ0v) is 15.3. The van der Waals surface area contributed by atoms with Gasteiger partial charge in [0.2, 0.25) is 0 Å². The highest BCUT2D eigenvalue weighted by atomic mass is 16.6. The number of amides is 1. The highest BCUT2D eigenvalue weighted by molar-refractivity contribution is 5.68. The summed E-state index contributed by atoms with van der Waals surface area (Å²) in [5.41, 5.74) is 0.553. The first-order valence-electron chi connectivity index (χ1n) is 9.05. The van der Waals surface area contributed by atoms with Gasteiger partial charge in [0.1, 0.15) is 5.60 Å². The molecular weight excluding hydrogens is 320 g/mol. The number of benzene rings is 1. The molecule has 6 nitrogen and oxygen atoms in total. The van der Waals surface area contributed by atoms with Crippen LogP contribution in [-0.4, -0.2) is 37.0 Å². The zero-order valence-electron chi connectivity index (χ0n) is 15.3. The predicted octanol–water partition coefficient (Wildman–Crippen LogP) is 3.71. The molecule has 0 spiro atoms. The Balaban J connectivity index is 1.51. The van der Waals surface area contributed by atoms with Crippen molar-refractivity contribution >= 4 is 11.8 Å². The quantitative estimate of drug-likeness (QED) is 0.871. The molecule has 0 radical (unpaired) electrons. The molecule has 1 aromatic rings. The van der Waals surface area contributed by atoms with Crippen LogP contribution in [0.2, 0.25) is 0 Å². The summed E-state index contributed by atoms with van der Waals surface area (Å²) in [6.07, 6.45) is 3.40. The molecule has 0 aromatic heterocycles. The van der Waals surface area contributed by atoms with E-state index in [0.717, 1.165) is 42.9 Å². The first kappa shape index (κ1) is 17.7. The largest absolute Gasteiger partial charge is 0.490 e. The van der Waals surface area contributed by atoms with Gasteiger partial charge >= 0.3 is 6.09 Å². The Kier molecular flexibility index (Phi) is 5.25. The lowest BCUT2D eigenvalue weighted by molar-refractivity contribution is 0.0505. The van der Waals surface area contributed by atoms with Gasteiger partial charge in [-0.25, -0.2) is 4.79 Å². The van der Waals surface area contributed by atoms with Crippen LogP contribution in [0.25, 0.3) is 0 Å². The first-order valence-corrected chi connectivity index (χ1v) is 9.05. The van der Waals surface area contributed by atoms with Crippen LogP contribution in [-0.2, 0) is 4.74 Å². The number of anilines is 1. The Morgan fingerprint density at radius 1 is 1.12 bits per heavy atom. The number of hydrogen-bond donors (Lipinski definition) is 2. The van der Waals surface area contributed by atoms with E-state index in [1.165, 1.54) is 0 Å². The van der Waals surface area contributed by atoms with Gasteiger partial charge < -0.3 is 24.8 Å². The minimum Gasteiger partial charge on any atom is -0.490 e. The lowest BCUT2D eigenvalue weighted by Gasteiger charge is -2.22. The Morgan fingerprint density at radius 2 is 1.84 bits per heavy atom. The summed E-state index contributed by atoms with van der Waals surface area (Å²) < 4.78 is 16.7. The molecule has 1 amide bonds. The normalized spacial score (nSPS) is 22.8. The Morgan fingerprint density at radius 3 is 2.60 bits per heavy atom. The van der Waals surface area contributed by atoms with Gasteiger partial charge in [0.15, 0.2) is 11.5 Å². The number of alkyl carbamates (subject to hydrolysis) is 1. The van der Waals surface area contributed by atoms with Gasteiger partial charge in [0, 0.05) is 30.3 Å². The second-order valence-electron chi connectivity index (χ2n) is 7.71. The topological polar surface area (TPSA) is 68.8 Å². The van der Waals surface area contributed by atoms with E-state index in [4.69, 9.17) is 14.2 Å². The van der Waals surface area contributed by atoms with Crippen LogP contribution in [0.3, 0.4) is 0 Å². The third kappa shape index (κ3) is 5.18. The maximum atomic E-state index is 11.9. The van der Waals surface area contributed by atoms with Crippen molar-refractivity contribution in [1.29, 1.82) is 0 Å². The summed E-state index contributed by atoms with van der Waals surface area (Å²) >= 11 is 0. The molecule has 138 valence electrons. The van der Waals surface area contributed by atoms with Crippen LogP contribution >= 0.6 is 0 Å². The molecule has 2 unspecified atom stereocenters. The molecule has 1 aliphatic heterocycles. The molecular formula is C19H28N2O4. The van der Waals surface area contributed by atoms with Gasteiger partial charge in [-0.15, -0.1) is 0 Å². The lowest BCUT2D eigenvalue weighted by atomic mass is 10.2. The van der Waals surface area contributed by atoms with Crippen molar-refractivity contribution in [3.05, 3.63) is 18.2 Å². The predicted molar refractivity (Wildman–Crippen MR) is 96.5 cm³/mol. The Labute approximate surface area is 149 Å². The van der Waals surface area contributed by atoms with Crippen molar-refractivity contribution in [2.45, 2.75) is 64.1 Å². The fourth-order valence-corrected chi connectivity index (χ4v) is 3.21. The van der Waals surface area contributed by atoms with Gasteiger partial charge in [-0.3, -0.25) is 0 Å². The van der Waals surface area contributed by atoms with Crippen molar-refractivity contribution in [3.8, 4) is 11.5 Å². The summed E-state index contributed by atoms with van der Waals surface area (Å²) in [6.45, 7) is 6.99. The number of rotatable bonds is 3. The van der Waals surface area contributed by atoms with Crippen LogP contribution in [0.1, 0.15) is 46.5 Å². The average molecular weight is 348 g/mol. The Hall–Kier alpha value is -2.11. The van der Waals surface area contributed by atoms with Gasteiger partial charge in [-0.05, 0) is 52.2 Å². The number of ether oxygens (including phenoxy) is 3. The molecule has 1 heterocycles. The minimum atomic E-state index is -0.468. The van der Waals surface area contributed by atoms with E-state index >= 15 is 0 Å². The van der Waals surface area contributed by atoms with E-state index in [0.29, 0.717) is 19.3 Å². The second-order valence-corrected chi connectivity index (χ2v) is 7.71. The molecule has 3 rings (SSSR count). The summed E-state index contributed by atoms with van der Waals surface area (Å²) in [5, 5.41) is 6.50. The van der Waals surface area contributed by atoms with Crippen LogP contribution in [0, 0.1) is 0 Å². The summed E-state index contributed by atoms with van der Waals surface area (Å²) in [5.74, 6) is 1.60.